The number of hydrogen-bond donors (Lipinski definition) is 0. The number of nitrogens with zero attached hydrogens (tertiary/aromatic N) is 1. The molecular formula is C8H7NO3. The van der Waals surface area contributed by atoms with Crippen LogP contribution in [0, 0.1) is 10.1 Å². The SMILES string of the molecule is C=CC=C(c1ccco1)[N+](=O)[O-]. The first-order valence-electron chi connectivity index (χ1n) is 3.26. The molecule has 4 heteroatoms. The Labute approximate surface area is 69.0 Å². The number of hydrogen-bond acceptors (Lipinski definition) is 3. The number of nitro groups is 1. The average Bonchev–Trinajstić information content (AvgIpc) is 2.51. The second-order valence-electron chi connectivity index (χ2n) is 2.02. The van der Waals surface area contributed by atoms with Crippen LogP contribution >= 0.6 is 0 Å². The maximum Gasteiger partial charge on any atom is 0.311 e. The molecule has 0 amide bonds. The van der Waals surface area contributed by atoms with Crippen molar-refractivity contribution in [3.63, 3.8) is 0 Å². The molecule has 0 fully saturated rings. The highest BCUT2D eigenvalue weighted by Crippen LogP contribution is 2.14. The van der Waals surface area contributed by atoms with Crippen molar-refractivity contribution in [2.45, 2.75) is 0 Å². The van der Waals surface area contributed by atoms with Crippen LogP contribution in [0.15, 0.2) is 41.5 Å². The fourth-order valence-corrected chi connectivity index (χ4v) is 0.769. The van der Waals surface area contributed by atoms with Crippen LogP contribution in [0.1, 0.15) is 5.76 Å². The smallest absolute Gasteiger partial charge is 0.311 e. The summed E-state index contributed by atoms with van der Waals surface area (Å²) < 4.78 is 4.85. The van der Waals surface area contributed by atoms with E-state index in [2.05, 4.69) is 6.58 Å². The average molecular weight is 165 g/mol. The van der Waals surface area contributed by atoms with Crippen LogP contribution in [-0.2, 0) is 0 Å². The lowest BCUT2D eigenvalue weighted by atomic mass is 10.3. The minimum Gasteiger partial charge on any atom is -0.458 e. The summed E-state index contributed by atoms with van der Waals surface area (Å²) in [5.41, 5.74) is -0.0880. The van der Waals surface area contributed by atoms with Crippen molar-refractivity contribution in [3.05, 3.63) is 53.0 Å². The van der Waals surface area contributed by atoms with Crippen LogP contribution in [0.5, 0.6) is 0 Å². The van der Waals surface area contributed by atoms with Gasteiger partial charge < -0.3 is 4.42 Å². The van der Waals surface area contributed by atoms with Crippen LogP contribution in [-0.4, -0.2) is 4.92 Å². The highest BCUT2D eigenvalue weighted by atomic mass is 16.6. The fraction of sp³-hybridized carbons (Fsp3) is 0. The summed E-state index contributed by atoms with van der Waals surface area (Å²) in [4.78, 5) is 9.90. The van der Waals surface area contributed by atoms with E-state index in [-0.39, 0.29) is 11.5 Å². The molecule has 0 aliphatic rings. The summed E-state index contributed by atoms with van der Waals surface area (Å²) in [6.45, 7) is 3.37. The Bertz CT molecular complexity index is 311. The summed E-state index contributed by atoms with van der Waals surface area (Å²) in [7, 11) is 0. The van der Waals surface area contributed by atoms with E-state index >= 15 is 0 Å². The van der Waals surface area contributed by atoms with E-state index in [1.807, 2.05) is 0 Å². The van der Waals surface area contributed by atoms with Crippen LogP contribution < -0.4 is 0 Å². The second kappa shape index (κ2) is 3.52. The quantitative estimate of drug-likeness (QED) is 0.391. The van der Waals surface area contributed by atoms with Crippen molar-refractivity contribution >= 4 is 5.70 Å². The molecule has 0 saturated heterocycles. The van der Waals surface area contributed by atoms with E-state index in [0.717, 1.165) is 0 Å². The Morgan fingerprint density at radius 3 is 2.92 bits per heavy atom. The zero-order valence-corrected chi connectivity index (χ0v) is 6.27. The molecule has 1 heterocycles. The van der Waals surface area contributed by atoms with Crippen LogP contribution in [0.3, 0.4) is 0 Å². The maximum atomic E-state index is 10.4. The second-order valence-corrected chi connectivity index (χ2v) is 2.02. The lowest BCUT2D eigenvalue weighted by Gasteiger charge is -1.90. The van der Waals surface area contributed by atoms with Gasteiger partial charge in [0.05, 0.1) is 11.2 Å². The van der Waals surface area contributed by atoms with Crippen molar-refractivity contribution < 1.29 is 9.34 Å². The third-order valence-electron chi connectivity index (χ3n) is 1.25. The molecule has 0 bridgehead atoms. The van der Waals surface area contributed by atoms with Gasteiger partial charge in [-0.1, -0.05) is 12.7 Å². The summed E-state index contributed by atoms with van der Waals surface area (Å²) in [5.74, 6) is 0.236. The molecule has 1 aromatic heterocycles. The molecule has 0 aliphatic carbocycles. The van der Waals surface area contributed by atoms with Crippen molar-refractivity contribution in [1.82, 2.24) is 0 Å². The molecule has 4 nitrogen and oxygen atoms in total. The molecule has 0 aliphatic heterocycles. The first-order chi connectivity index (χ1) is 5.75. The minimum atomic E-state index is -0.513. The van der Waals surface area contributed by atoms with Crippen LogP contribution in [0.4, 0.5) is 0 Å². The highest BCUT2D eigenvalue weighted by molar-refractivity contribution is 5.54. The molecule has 0 N–H and O–H groups in total. The Hall–Kier alpha value is -1.84. The molecule has 62 valence electrons. The first-order valence-corrected chi connectivity index (χ1v) is 3.26. The molecule has 0 spiro atoms. The van der Waals surface area contributed by atoms with Crippen molar-refractivity contribution in [1.29, 1.82) is 0 Å². The molecule has 1 rings (SSSR count). The van der Waals surface area contributed by atoms with Crippen molar-refractivity contribution in [3.8, 4) is 0 Å². The van der Waals surface area contributed by atoms with Crippen LogP contribution in [0.2, 0.25) is 0 Å². The molecule has 0 saturated carbocycles. The maximum absolute atomic E-state index is 10.4. The zero-order chi connectivity index (χ0) is 8.97. The van der Waals surface area contributed by atoms with Gasteiger partial charge in [0.15, 0.2) is 0 Å². The molecule has 0 atom stereocenters. The van der Waals surface area contributed by atoms with Gasteiger partial charge in [-0.05, 0) is 12.1 Å². The van der Waals surface area contributed by atoms with Crippen molar-refractivity contribution in [2.75, 3.05) is 0 Å². The van der Waals surface area contributed by atoms with E-state index in [9.17, 15) is 10.1 Å². The van der Waals surface area contributed by atoms with Crippen molar-refractivity contribution in [2.24, 2.45) is 0 Å². The number of rotatable bonds is 3. The van der Waals surface area contributed by atoms with E-state index in [0.29, 0.717) is 0 Å². The lowest BCUT2D eigenvalue weighted by molar-refractivity contribution is -0.376. The van der Waals surface area contributed by atoms with Gasteiger partial charge in [-0.2, -0.15) is 0 Å². The van der Waals surface area contributed by atoms with Gasteiger partial charge in [-0.15, -0.1) is 0 Å². The zero-order valence-electron chi connectivity index (χ0n) is 6.27. The van der Waals surface area contributed by atoms with Gasteiger partial charge in [0, 0.05) is 6.08 Å². The largest absolute Gasteiger partial charge is 0.458 e. The fourth-order valence-electron chi connectivity index (χ4n) is 0.769. The Morgan fingerprint density at radius 1 is 1.75 bits per heavy atom. The number of allylic oxidation sites excluding steroid dienone is 2. The molecule has 0 aromatic carbocycles. The Kier molecular flexibility index (Phi) is 2.42. The van der Waals surface area contributed by atoms with Gasteiger partial charge in [-0.3, -0.25) is 10.1 Å². The van der Waals surface area contributed by atoms with Gasteiger partial charge in [-0.25, -0.2) is 0 Å². The Balaban J connectivity index is 3.04. The summed E-state index contributed by atoms with van der Waals surface area (Å²) >= 11 is 0. The van der Waals surface area contributed by atoms with Gasteiger partial charge in [0.2, 0.25) is 5.76 Å². The standard InChI is InChI=1S/C8H7NO3/c1-2-4-7(9(10)11)8-5-3-6-12-8/h2-6H,1H2. The van der Waals surface area contributed by atoms with Gasteiger partial charge in [0.25, 0.3) is 0 Å². The first kappa shape index (κ1) is 8.26. The predicted octanol–water partition coefficient (Wildman–Crippen LogP) is 2.08. The molecule has 0 unspecified atom stereocenters. The summed E-state index contributed by atoms with van der Waals surface area (Å²) in [6, 6.07) is 3.12. The molecule has 0 radical (unpaired) electrons. The minimum absolute atomic E-state index is 0.0880. The normalized spacial score (nSPS) is 11.2. The lowest BCUT2D eigenvalue weighted by Crippen LogP contribution is -1.95. The van der Waals surface area contributed by atoms with Gasteiger partial charge in [0.1, 0.15) is 0 Å². The Morgan fingerprint density at radius 2 is 2.50 bits per heavy atom. The monoisotopic (exact) mass is 165 g/mol. The number of furan rings is 1. The predicted molar refractivity (Wildman–Crippen MR) is 43.9 cm³/mol. The summed E-state index contributed by atoms with van der Waals surface area (Å²) in [5, 5.41) is 10.4. The van der Waals surface area contributed by atoms with E-state index in [1.165, 1.54) is 24.5 Å². The third-order valence-corrected chi connectivity index (χ3v) is 1.25. The van der Waals surface area contributed by atoms with E-state index < -0.39 is 4.92 Å². The molecular weight excluding hydrogens is 158 g/mol. The molecule has 1 aromatic rings. The van der Waals surface area contributed by atoms with E-state index in [1.54, 1.807) is 6.07 Å². The highest BCUT2D eigenvalue weighted by Gasteiger charge is 2.14. The van der Waals surface area contributed by atoms with Gasteiger partial charge >= 0.3 is 5.70 Å². The third kappa shape index (κ3) is 1.60. The topological polar surface area (TPSA) is 56.3 Å². The van der Waals surface area contributed by atoms with Crippen LogP contribution in [0.25, 0.3) is 5.70 Å². The van der Waals surface area contributed by atoms with E-state index in [4.69, 9.17) is 4.42 Å². The summed E-state index contributed by atoms with van der Waals surface area (Å²) in [6.07, 6.45) is 4.02. The molecule has 12 heavy (non-hydrogen) atoms.